The van der Waals surface area contributed by atoms with Crippen molar-refractivity contribution in [2.75, 3.05) is 12.1 Å². The quantitative estimate of drug-likeness (QED) is 0.781. The van der Waals surface area contributed by atoms with Crippen molar-refractivity contribution < 1.29 is 13.9 Å². The Labute approximate surface area is 144 Å². The van der Waals surface area contributed by atoms with E-state index in [9.17, 15) is 5.26 Å². The summed E-state index contributed by atoms with van der Waals surface area (Å²) in [6, 6.07) is 15.5. The molecule has 3 aromatic rings. The third-order valence-corrected chi connectivity index (χ3v) is 4.03. The number of nitriles is 1. The third-order valence-electron chi connectivity index (χ3n) is 4.03. The SMILES string of the molecule is Cc1ccccc1-c1nc(C#N)c(NCc2cccc3c2OCO3)o1. The maximum atomic E-state index is 9.34. The number of oxazole rings is 1. The highest BCUT2D eigenvalue weighted by Gasteiger charge is 2.19. The molecule has 1 N–H and O–H groups in total. The molecule has 6 nitrogen and oxygen atoms in total. The fraction of sp³-hybridized carbons (Fsp3) is 0.158. The molecule has 0 atom stereocenters. The van der Waals surface area contributed by atoms with Crippen molar-refractivity contribution in [3.63, 3.8) is 0 Å². The van der Waals surface area contributed by atoms with Gasteiger partial charge in [-0.25, -0.2) is 0 Å². The minimum absolute atomic E-state index is 0.218. The number of aryl methyl sites for hydroxylation is 1. The maximum Gasteiger partial charge on any atom is 0.232 e. The van der Waals surface area contributed by atoms with E-state index in [0.29, 0.717) is 24.1 Å². The number of aromatic nitrogens is 1. The Morgan fingerprint density at radius 1 is 1.16 bits per heavy atom. The molecular formula is C19H15N3O3. The summed E-state index contributed by atoms with van der Waals surface area (Å²) < 4.78 is 16.7. The minimum Gasteiger partial charge on any atom is -0.454 e. The second kappa shape index (κ2) is 6.21. The molecule has 0 bridgehead atoms. The van der Waals surface area contributed by atoms with Crippen molar-refractivity contribution in [1.82, 2.24) is 4.98 Å². The first kappa shape index (κ1) is 15.1. The zero-order valence-corrected chi connectivity index (χ0v) is 13.6. The molecule has 0 saturated carbocycles. The van der Waals surface area contributed by atoms with Crippen molar-refractivity contribution >= 4 is 5.88 Å². The van der Waals surface area contributed by atoms with Gasteiger partial charge in [-0.05, 0) is 24.6 Å². The van der Waals surface area contributed by atoms with E-state index in [-0.39, 0.29) is 12.5 Å². The molecular weight excluding hydrogens is 318 g/mol. The molecule has 25 heavy (non-hydrogen) atoms. The molecule has 2 heterocycles. The Balaban J connectivity index is 1.61. The number of rotatable bonds is 4. The summed E-state index contributed by atoms with van der Waals surface area (Å²) in [4.78, 5) is 4.30. The largest absolute Gasteiger partial charge is 0.454 e. The van der Waals surface area contributed by atoms with Gasteiger partial charge >= 0.3 is 0 Å². The lowest BCUT2D eigenvalue weighted by Crippen LogP contribution is -2.01. The number of nitrogens with one attached hydrogen (secondary N) is 1. The van der Waals surface area contributed by atoms with Crippen LogP contribution in [0.1, 0.15) is 16.8 Å². The van der Waals surface area contributed by atoms with Gasteiger partial charge in [0.25, 0.3) is 0 Å². The number of para-hydroxylation sites is 1. The molecule has 6 heteroatoms. The fourth-order valence-corrected chi connectivity index (χ4v) is 2.75. The van der Waals surface area contributed by atoms with Crippen LogP contribution in [-0.4, -0.2) is 11.8 Å². The molecule has 4 rings (SSSR count). The molecule has 1 aliphatic heterocycles. The molecule has 0 radical (unpaired) electrons. The van der Waals surface area contributed by atoms with E-state index in [1.54, 1.807) is 0 Å². The van der Waals surface area contributed by atoms with Gasteiger partial charge in [-0.2, -0.15) is 10.2 Å². The van der Waals surface area contributed by atoms with E-state index in [1.165, 1.54) is 0 Å². The predicted octanol–water partition coefficient (Wildman–Crippen LogP) is 3.86. The van der Waals surface area contributed by atoms with Crippen LogP contribution in [0.4, 0.5) is 5.88 Å². The lowest BCUT2D eigenvalue weighted by Gasteiger charge is -2.06. The molecule has 0 unspecified atom stereocenters. The monoisotopic (exact) mass is 333 g/mol. The van der Waals surface area contributed by atoms with Gasteiger partial charge in [0.15, 0.2) is 11.5 Å². The van der Waals surface area contributed by atoms with E-state index < -0.39 is 0 Å². The lowest BCUT2D eigenvalue weighted by atomic mass is 10.1. The second-order valence-electron chi connectivity index (χ2n) is 5.63. The highest BCUT2D eigenvalue weighted by molar-refractivity contribution is 5.62. The van der Waals surface area contributed by atoms with Gasteiger partial charge in [0.05, 0.1) is 0 Å². The molecule has 1 aromatic heterocycles. The standard InChI is InChI=1S/C19H15N3O3/c1-12-5-2-3-7-14(12)18-22-15(9-20)19(25-18)21-10-13-6-4-8-16-17(13)24-11-23-16/h2-8,21H,10-11H2,1H3. The highest BCUT2D eigenvalue weighted by Crippen LogP contribution is 2.36. The smallest absolute Gasteiger partial charge is 0.232 e. The van der Waals surface area contributed by atoms with Crippen LogP contribution in [0.2, 0.25) is 0 Å². The lowest BCUT2D eigenvalue weighted by molar-refractivity contribution is 0.173. The second-order valence-corrected chi connectivity index (χ2v) is 5.63. The van der Waals surface area contributed by atoms with Crippen molar-refractivity contribution in [3.05, 3.63) is 59.3 Å². The van der Waals surface area contributed by atoms with E-state index in [1.807, 2.05) is 49.4 Å². The molecule has 0 aliphatic carbocycles. The number of hydrogen-bond acceptors (Lipinski definition) is 6. The van der Waals surface area contributed by atoms with E-state index >= 15 is 0 Å². The predicted molar refractivity (Wildman–Crippen MR) is 91.3 cm³/mol. The summed E-state index contributed by atoms with van der Waals surface area (Å²) in [5.74, 6) is 2.21. The summed E-state index contributed by atoms with van der Waals surface area (Å²) in [6.07, 6.45) is 0. The summed E-state index contributed by atoms with van der Waals surface area (Å²) in [5.41, 5.74) is 3.05. The van der Waals surface area contributed by atoms with Crippen LogP contribution >= 0.6 is 0 Å². The van der Waals surface area contributed by atoms with Crippen molar-refractivity contribution in [1.29, 1.82) is 5.26 Å². The van der Waals surface area contributed by atoms with Gasteiger partial charge < -0.3 is 19.2 Å². The van der Waals surface area contributed by atoms with Crippen molar-refractivity contribution in [2.45, 2.75) is 13.5 Å². The first-order chi connectivity index (χ1) is 12.3. The van der Waals surface area contributed by atoms with Gasteiger partial charge in [0.1, 0.15) is 6.07 Å². The van der Waals surface area contributed by atoms with Crippen LogP contribution in [-0.2, 0) is 6.54 Å². The van der Waals surface area contributed by atoms with Crippen LogP contribution in [0.3, 0.4) is 0 Å². The Hall–Kier alpha value is -3.46. The summed E-state index contributed by atoms with van der Waals surface area (Å²) in [5, 5.41) is 12.5. The molecule has 124 valence electrons. The molecule has 0 fully saturated rings. The maximum absolute atomic E-state index is 9.34. The average Bonchev–Trinajstić information content (AvgIpc) is 3.27. The zero-order chi connectivity index (χ0) is 17.2. The van der Waals surface area contributed by atoms with Gasteiger partial charge in [-0.3, -0.25) is 0 Å². The van der Waals surface area contributed by atoms with Crippen molar-refractivity contribution in [2.24, 2.45) is 0 Å². The highest BCUT2D eigenvalue weighted by atomic mass is 16.7. The van der Waals surface area contributed by atoms with Crippen LogP contribution < -0.4 is 14.8 Å². The zero-order valence-electron chi connectivity index (χ0n) is 13.6. The number of hydrogen-bond donors (Lipinski definition) is 1. The van der Waals surface area contributed by atoms with Crippen LogP contribution in [0.15, 0.2) is 46.9 Å². The molecule has 2 aromatic carbocycles. The van der Waals surface area contributed by atoms with E-state index in [2.05, 4.69) is 16.4 Å². The summed E-state index contributed by atoms with van der Waals surface area (Å²) in [6.45, 7) is 2.63. The number of nitrogens with zero attached hydrogens (tertiary/aromatic N) is 2. The topological polar surface area (TPSA) is 80.3 Å². The number of fused-ring (bicyclic) bond motifs is 1. The first-order valence-corrected chi connectivity index (χ1v) is 7.84. The Bertz CT molecular complexity index is 972. The number of ether oxygens (including phenoxy) is 2. The first-order valence-electron chi connectivity index (χ1n) is 7.84. The third kappa shape index (κ3) is 2.76. The van der Waals surface area contributed by atoms with Crippen molar-refractivity contribution in [3.8, 4) is 29.0 Å². The van der Waals surface area contributed by atoms with E-state index in [0.717, 1.165) is 22.4 Å². The molecule has 1 aliphatic rings. The molecule has 0 spiro atoms. The number of benzene rings is 2. The van der Waals surface area contributed by atoms with Crippen LogP contribution in [0.25, 0.3) is 11.5 Å². The Kier molecular flexibility index (Phi) is 3.75. The minimum atomic E-state index is 0.218. The van der Waals surface area contributed by atoms with E-state index in [4.69, 9.17) is 13.9 Å². The normalized spacial score (nSPS) is 12.0. The number of anilines is 1. The fourth-order valence-electron chi connectivity index (χ4n) is 2.75. The average molecular weight is 333 g/mol. The van der Waals surface area contributed by atoms with Gasteiger partial charge in [0, 0.05) is 17.7 Å². The summed E-state index contributed by atoms with van der Waals surface area (Å²) in [7, 11) is 0. The van der Waals surface area contributed by atoms with Gasteiger partial charge in [-0.15, -0.1) is 0 Å². The Morgan fingerprint density at radius 2 is 2.04 bits per heavy atom. The van der Waals surface area contributed by atoms with Crippen LogP contribution in [0, 0.1) is 18.3 Å². The summed E-state index contributed by atoms with van der Waals surface area (Å²) >= 11 is 0. The van der Waals surface area contributed by atoms with Gasteiger partial charge in [0.2, 0.25) is 24.3 Å². The molecule has 0 amide bonds. The Morgan fingerprint density at radius 3 is 2.88 bits per heavy atom. The molecule has 0 saturated heterocycles. The van der Waals surface area contributed by atoms with Crippen LogP contribution in [0.5, 0.6) is 11.5 Å². The van der Waals surface area contributed by atoms with Gasteiger partial charge in [-0.1, -0.05) is 30.3 Å².